The summed E-state index contributed by atoms with van der Waals surface area (Å²) < 4.78 is 60.1. The summed E-state index contributed by atoms with van der Waals surface area (Å²) in [4.78, 5) is 80.1. The number of nitrogens with one attached hydrogen (secondary N) is 4. The number of amides is 2. The SMILES string of the molecule is [C-]#[N+]c1ccc(F)c([C@@H](C)Nc2c(Cl)c(C)nc3cc(F)c(-c4cnc(OCCCCCn5cc(COCCOCCOCCOCCNC(=O)CC[C@H](NC(=O)c6ccc(N(C)Cc7ccc8nc(C)[nH]c(=O)c8c7)s6)C(=O)O)nn5)nc4)nc23)c1. The van der Waals surface area contributed by atoms with E-state index < -0.39 is 35.6 Å². The molecule has 5 N–H and O–H groups in total. The molecule has 458 valence electrons. The number of carbonyl (C=O) groups is 3. The van der Waals surface area contributed by atoms with Crippen molar-refractivity contribution in [1.29, 1.82) is 0 Å². The van der Waals surface area contributed by atoms with Gasteiger partial charge in [0.1, 0.15) is 34.6 Å². The molecule has 0 fully saturated rings. The molecule has 2 atom stereocenters. The van der Waals surface area contributed by atoms with Gasteiger partial charge in [0, 0.05) is 57.1 Å². The number of rotatable bonds is 34. The molecule has 0 unspecified atom stereocenters. The van der Waals surface area contributed by atoms with Crippen molar-refractivity contribution < 1.29 is 52.0 Å². The number of aromatic nitrogens is 9. The summed E-state index contributed by atoms with van der Waals surface area (Å²) in [6.45, 7) is 16.6. The second-order valence-electron chi connectivity index (χ2n) is 20.0. The van der Waals surface area contributed by atoms with E-state index in [0.717, 1.165) is 29.8 Å². The number of ether oxygens (including phenoxy) is 5. The number of unbranched alkanes of at least 4 members (excludes halogenated alkanes) is 2. The van der Waals surface area contributed by atoms with Crippen LogP contribution < -0.4 is 31.1 Å². The van der Waals surface area contributed by atoms with Crippen molar-refractivity contribution in [3.05, 3.63) is 145 Å². The van der Waals surface area contributed by atoms with Crippen molar-refractivity contribution in [3.63, 3.8) is 0 Å². The molecule has 0 saturated heterocycles. The molecule has 0 spiro atoms. The van der Waals surface area contributed by atoms with Gasteiger partial charge in [-0.3, -0.25) is 19.1 Å². The molecule has 8 aromatic rings. The smallest absolute Gasteiger partial charge is 0.326 e. The lowest BCUT2D eigenvalue weighted by atomic mass is 10.1. The third-order valence-corrected chi connectivity index (χ3v) is 15.1. The zero-order valence-electron chi connectivity index (χ0n) is 48.2. The number of carboxylic acid groups (broad SMARTS) is 1. The fourth-order valence-electron chi connectivity index (χ4n) is 8.92. The Kier molecular flexibility index (Phi) is 23.4. The van der Waals surface area contributed by atoms with Crippen molar-refractivity contribution in [1.82, 2.24) is 55.5 Å². The van der Waals surface area contributed by atoms with E-state index in [9.17, 15) is 28.7 Å². The topological polar surface area (TPSA) is 289 Å². The minimum Gasteiger partial charge on any atom is -0.480 e. The number of aromatic amines is 1. The Morgan fingerprint density at radius 3 is 2.38 bits per heavy atom. The molecule has 0 bridgehead atoms. The Labute approximate surface area is 507 Å². The van der Waals surface area contributed by atoms with E-state index in [1.165, 1.54) is 48.0 Å². The second kappa shape index (κ2) is 31.7. The van der Waals surface area contributed by atoms with E-state index in [1.54, 1.807) is 49.7 Å². The van der Waals surface area contributed by atoms with Gasteiger partial charge in [0.15, 0.2) is 11.5 Å². The van der Waals surface area contributed by atoms with Crippen LogP contribution in [-0.4, -0.2) is 140 Å². The van der Waals surface area contributed by atoms with Gasteiger partial charge in [0.25, 0.3) is 11.5 Å². The Morgan fingerprint density at radius 1 is 0.885 bits per heavy atom. The first kappa shape index (κ1) is 64.4. The lowest BCUT2D eigenvalue weighted by Crippen LogP contribution is -2.41. The highest BCUT2D eigenvalue weighted by Crippen LogP contribution is 2.37. The van der Waals surface area contributed by atoms with Crippen LogP contribution in [0.25, 0.3) is 38.0 Å². The number of fused-ring (bicyclic) bond motifs is 2. The number of H-pyrrole nitrogens is 1. The lowest BCUT2D eigenvalue weighted by molar-refractivity contribution is -0.139. The quantitative estimate of drug-likeness (QED) is 0.0187. The monoisotopic (exact) mass is 1230 g/mol. The molecular weight excluding hydrogens is 1170 g/mol. The van der Waals surface area contributed by atoms with Crippen molar-refractivity contribution in [2.75, 3.05) is 76.7 Å². The number of nitrogens with zero attached hydrogens (tertiary/aromatic N) is 10. The standard InChI is InChI=1S/C59H65ClF2N14O10S/c1-35(42-28-40(63-4)10-11-44(42)61)68-55-52(60)36(2)67-48-29-45(62)53(72-54(48)55)39-30-65-59(66-31-39)86-19-8-6-7-18-76-33-41(73-74-76)34-85-26-25-84-24-23-83-22-21-82-20-17-64-50(77)15-13-47(58(80)81)71-57(79)49-14-16-51(87-49)75(5)32-38-9-12-46-43(27-38)56(78)70-37(3)69-46/h9-12,14,16,27-31,33,35,47H,6-8,13,15,17-26,32,34H2,1-3,5H3,(H,64,77)(H,67,68)(H,71,79)(H,80,81)(H,69,70,78)/t35-,47+/m1/s1. The van der Waals surface area contributed by atoms with Gasteiger partial charge in [-0.05, 0) is 94.0 Å². The molecule has 6 heterocycles. The maximum absolute atomic E-state index is 15.5. The zero-order valence-corrected chi connectivity index (χ0v) is 49.8. The predicted molar refractivity (Wildman–Crippen MR) is 321 cm³/mol. The fraction of sp³-hybridized carbons (Fsp3) is 0.390. The van der Waals surface area contributed by atoms with E-state index in [1.807, 2.05) is 24.2 Å². The van der Waals surface area contributed by atoms with Crippen LogP contribution >= 0.6 is 22.9 Å². The number of aliphatic carboxylic acids is 1. The van der Waals surface area contributed by atoms with Gasteiger partial charge in [-0.2, -0.15) is 0 Å². The van der Waals surface area contributed by atoms with Gasteiger partial charge in [-0.1, -0.05) is 28.9 Å². The Balaban J connectivity index is 0.618. The summed E-state index contributed by atoms with van der Waals surface area (Å²) in [5.74, 6) is -2.81. The van der Waals surface area contributed by atoms with Gasteiger partial charge in [0.2, 0.25) is 5.91 Å². The van der Waals surface area contributed by atoms with Gasteiger partial charge >= 0.3 is 12.0 Å². The first-order chi connectivity index (χ1) is 42.0. The van der Waals surface area contributed by atoms with Crippen LogP contribution in [0.15, 0.2) is 78.0 Å². The highest BCUT2D eigenvalue weighted by Gasteiger charge is 2.24. The summed E-state index contributed by atoms with van der Waals surface area (Å²) in [6, 6.07) is 12.4. The van der Waals surface area contributed by atoms with Gasteiger partial charge < -0.3 is 54.6 Å². The third-order valence-electron chi connectivity index (χ3n) is 13.4. The molecule has 6 aromatic heterocycles. The number of aryl methyl sites for hydroxylation is 3. The van der Waals surface area contributed by atoms with Gasteiger partial charge in [-0.25, -0.2) is 43.3 Å². The number of hydrogen-bond donors (Lipinski definition) is 5. The molecule has 8 rings (SSSR count). The largest absolute Gasteiger partial charge is 0.480 e. The molecule has 24 nitrogen and oxygen atoms in total. The van der Waals surface area contributed by atoms with Crippen LogP contribution in [0.3, 0.4) is 0 Å². The number of carboxylic acids is 1. The van der Waals surface area contributed by atoms with E-state index in [0.29, 0.717) is 104 Å². The van der Waals surface area contributed by atoms with Gasteiger partial charge in [-0.15, -0.1) is 16.4 Å². The summed E-state index contributed by atoms with van der Waals surface area (Å²) in [7, 11) is 1.85. The highest BCUT2D eigenvalue weighted by atomic mass is 35.5. The van der Waals surface area contributed by atoms with Crippen LogP contribution in [-0.2, 0) is 48.2 Å². The normalized spacial score (nSPS) is 12.0. The fourth-order valence-corrected chi connectivity index (χ4v) is 9.98. The van der Waals surface area contributed by atoms with Crippen LogP contribution in [0.5, 0.6) is 6.01 Å². The van der Waals surface area contributed by atoms with Crippen LogP contribution in [0.1, 0.15) is 83.1 Å². The molecule has 28 heteroatoms. The predicted octanol–water partition coefficient (Wildman–Crippen LogP) is 8.48. The minimum absolute atomic E-state index is 0.0382. The molecule has 0 saturated carbocycles. The average Bonchev–Trinajstić information content (AvgIpc) is 3.91. The lowest BCUT2D eigenvalue weighted by Gasteiger charge is -2.20. The second-order valence-corrected chi connectivity index (χ2v) is 21.5. The maximum atomic E-state index is 15.5. The van der Waals surface area contributed by atoms with Gasteiger partial charge in [0.05, 0.1) is 121 Å². The summed E-state index contributed by atoms with van der Waals surface area (Å²) >= 11 is 7.88. The summed E-state index contributed by atoms with van der Waals surface area (Å²) in [6.07, 6.45) is 6.81. The number of benzene rings is 2. The van der Waals surface area contributed by atoms with Crippen LogP contribution in [0.2, 0.25) is 5.02 Å². The first-order valence-electron chi connectivity index (χ1n) is 27.9. The number of carbonyl (C=O) groups excluding carboxylic acids is 2. The van der Waals surface area contributed by atoms with E-state index >= 15 is 4.39 Å². The third kappa shape index (κ3) is 18.4. The Bertz CT molecular complexity index is 3770. The average molecular weight is 1240 g/mol. The van der Waals surface area contributed by atoms with E-state index in [4.69, 9.17) is 41.9 Å². The van der Waals surface area contributed by atoms with Crippen LogP contribution in [0.4, 0.5) is 25.2 Å². The number of halogens is 3. The number of thiophene rings is 1. The maximum Gasteiger partial charge on any atom is 0.326 e. The molecule has 0 aliphatic heterocycles. The van der Waals surface area contributed by atoms with Crippen LogP contribution in [0, 0.1) is 32.1 Å². The minimum atomic E-state index is -1.28. The van der Waals surface area contributed by atoms with Crippen molar-refractivity contribution in [2.24, 2.45) is 0 Å². The molecular formula is C59H65ClF2N14O10S. The van der Waals surface area contributed by atoms with Crippen molar-refractivity contribution in [2.45, 2.75) is 84.7 Å². The Morgan fingerprint density at radius 2 is 1.63 bits per heavy atom. The Hall–Kier alpha value is -8.65. The zero-order chi connectivity index (χ0) is 61.8. The van der Waals surface area contributed by atoms with E-state index in [2.05, 4.69) is 61.0 Å². The number of anilines is 2. The summed E-state index contributed by atoms with van der Waals surface area (Å²) in [5.41, 5.74) is 3.99. The molecule has 87 heavy (non-hydrogen) atoms. The summed E-state index contributed by atoms with van der Waals surface area (Å²) in [5, 5.41) is 28.0. The first-order valence-corrected chi connectivity index (χ1v) is 29.1. The molecule has 2 aromatic carbocycles. The molecule has 0 aliphatic carbocycles. The van der Waals surface area contributed by atoms with Crippen molar-refractivity contribution >= 4 is 79.0 Å². The molecule has 0 radical (unpaired) electrons. The highest BCUT2D eigenvalue weighted by molar-refractivity contribution is 7.18. The van der Waals surface area contributed by atoms with E-state index in [-0.39, 0.29) is 83.1 Å². The number of pyridine rings is 2. The van der Waals surface area contributed by atoms with Crippen molar-refractivity contribution in [3.8, 4) is 17.3 Å². The number of hydrogen-bond acceptors (Lipinski definition) is 19. The molecule has 0 aliphatic rings. The molecule has 2 amide bonds.